The maximum atomic E-state index is 11.6. The highest BCUT2D eigenvalue weighted by Crippen LogP contribution is 2.31. The molecule has 3 aromatic rings. The fourth-order valence-corrected chi connectivity index (χ4v) is 3.89. The summed E-state index contributed by atoms with van der Waals surface area (Å²) in [6, 6.07) is 10.8. The number of hydrogen-bond donors (Lipinski definition) is 1. The van der Waals surface area contributed by atoms with E-state index in [0.717, 1.165) is 28.6 Å². The van der Waals surface area contributed by atoms with Crippen molar-refractivity contribution in [1.82, 2.24) is 9.55 Å². The van der Waals surface area contributed by atoms with E-state index in [1.54, 1.807) is 6.20 Å². The van der Waals surface area contributed by atoms with Gasteiger partial charge in [-0.2, -0.15) is 0 Å². The molecule has 1 amide bonds. The molecule has 0 spiro atoms. The topological polar surface area (TPSA) is 46.9 Å². The number of unbranched alkanes of at least 4 members (excludes halogenated alkanes) is 6. The van der Waals surface area contributed by atoms with E-state index in [1.165, 1.54) is 56.6 Å². The summed E-state index contributed by atoms with van der Waals surface area (Å²) in [7, 11) is 2.00. The van der Waals surface area contributed by atoms with Crippen molar-refractivity contribution in [3.63, 3.8) is 0 Å². The van der Waals surface area contributed by atoms with Crippen molar-refractivity contribution in [1.29, 1.82) is 0 Å². The number of nitrogens with zero attached hydrogens (tertiary/aromatic N) is 2. The van der Waals surface area contributed by atoms with Gasteiger partial charge < -0.3 is 9.88 Å². The Morgan fingerprint density at radius 1 is 1.10 bits per heavy atom. The van der Waals surface area contributed by atoms with Crippen LogP contribution in [-0.4, -0.2) is 15.5 Å². The van der Waals surface area contributed by atoms with Gasteiger partial charge in [-0.05, 0) is 36.1 Å². The number of aromatic nitrogens is 2. The number of pyridine rings is 1. The lowest BCUT2D eigenvalue weighted by atomic mass is 10.0. The number of amides is 1. The number of anilines is 1. The van der Waals surface area contributed by atoms with Gasteiger partial charge in [-0.3, -0.25) is 4.79 Å². The molecule has 0 unspecified atom stereocenters. The molecule has 0 bridgehead atoms. The molecule has 0 aliphatic heterocycles. The fourth-order valence-electron chi connectivity index (χ4n) is 3.89. The second-order valence-electron chi connectivity index (χ2n) is 8.01. The summed E-state index contributed by atoms with van der Waals surface area (Å²) in [6.07, 6.45) is 15.5. The molecule has 0 radical (unpaired) electrons. The molecule has 0 saturated heterocycles. The summed E-state index contributed by atoms with van der Waals surface area (Å²) in [5, 5.41) is 3.82. The Bertz CT molecular complexity index is 985. The number of fused-ring (bicyclic) bond motifs is 1. The Balaban J connectivity index is 1.67. The third kappa shape index (κ3) is 5.59. The zero-order valence-corrected chi connectivity index (χ0v) is 18.3. The number of aryl methyl sites for hydroxylation is 2. The Labute approximate surface area is 180 Å². The van der Waals surface area contributed by atoms with E-state index in [0.29, 0.717) is 5.69 Å². The highest BCUT2D eigenvalue weighted by molar-refractivity contribution is 6.01. The van der Waals surface area contributed by atoms with Crippen LogP contribution in [0.4, 0.5) is 5.69 Å². The first kappa shape index (κ1) is 21.8. The molecule has 3 rings (SSSR count). The smallest absolute Gasteiger partial charge is 0.247 e. The second kappa shape index (κ2) is 10.8. The summed E-state index contributed by atoms with van der Waals surface area (Å²) in [6.45, 7) is 5.77. The Morgan fingerprint density at radius 3 is 2.50 bits per heavy atom. The largest absolute Gasteiger partial charge is 0.335 e. The van der Waals surface area contributed by atoms with Gasteiger partial charge in [0.15, 0.2) is 0 Å². The highest BCUT2D eigenvalue weighted by atomic mass is 16.1. The zero-order valence-electron chi connectivity index (χ0n) is 18.3. The van der Waals surface area contributed by atoms with Gasteiger partial charge in [0, 0.05) is 24.2 Å². The number of rotatable bonds is 11. The lowest BCUT2D eigenvalue weighted by Gasteiger charge is -2.06. The minimum atomic E-state index is -0.233. The van der Waals surface area contributed by atoms with Gasteiger partial charge in [0.25, 0.3) is 0 Å². The lowest BCUT2D eigenvalue weighted by molar-refractivity contribution is -0.111. The third-order valence-corrected chi connectivity index (χ3v) is 5.60. The quantitative estimate of drug-likeness (QED) is 0.287. The van der Waals surface area contributed by atoms with Crippen LogP contribution in [0, 0.1) is 0 Å². The van der Waals surface area contributed by atoms with Crippen LogP contribution in [0.15, 0.2) is 55.4 Å². The summed E-state index contributed by atoms with van der Waals surface area (Å²) >= 11 is 0. The molecule has 4 heteroatoms. The molecular weight excluding hydrogens is 370 g/mol. The van der Waals surface area contributed by atoms with E-state index >= 15 is 0 Å². The van der Waals surface area contributed by atoms with Gasteiger partial charge >= 0.3 is 0 Å². The maximum Gasteiger partial charge on any atom is 0.247 e. The first-order chi connectivity index (χ1) is 14.6. The van der Waals surface area contributed by atoms with E-state index in [2.05, 4.69) is 54.3 Å². The van der Waals surface area contributed by atoms with Gasteiger partial charge in [-0.25, -0.2) is 4.98 Å². The van der Waals surface area contributed by atoms with Crippen LogP contribution in [0.2, 0.25) is 0 Å². The summed E-state index contributed by atoms with van der Waals surface area (Å²) in [4.78, 5) is 16.1. The summed E-state index contributed by atoms with van der Waals surface area (Å²) in [5.41, 5.74) is 5.25. The predicted molar refractivity (Wildman–Crippen MR) is 127 cm³/mol. The molecule has 0 saturated carbocycles. The molecule has 0 atom stereocenters. The number of carbonyl (C=O) groups is 1. The molecule has 2 aromatic heterocycles. The van der Waals surface area contributed by atoms with Gasteiger partial charge in [0.1, 0.15) is 5.65 Å². The number of nitrogens with one attached hydrogen (secondary N) is 1. The minimum absolute atomic E-state index is 0.233. The molecule has 30 heavy (non-hydrogen) atoms. The van der Waals surface area contributed by atoms with Gasteiger partial charge in [0.05, 0.1) is 11.9 Å². The zero-order chi connectivity index (χ0) is 21.3. The van der Waals surface area contributed by atoms with Crippen LogP contribution in [0.1, 0.15) is 57.4 Å². The van der Waals surface area contributed by atoms with E-state index < -0.39 is 0 Å². The molecule has 0 aliphatic carbocycles. The van der Waals surface area contributed by atoms with Crippen molar-refractivity contribution < 1.29 is 4.79 Å². The Hall–Kier alpha value is -2.88. The van der Waals surface area contributed by atoms with Crippen LogP contribution < -0.4 is 5.32 Å². The molecule has 1 N–H and O–H groups in total. The van der Waals surface area contributed by atoms with Crippen molar-refractivity contribution in [3.8, 4) is 11.1 Å². The van der Waals surface area contributed by atoms with Crippen LogP contribution in [0.5, 0.6) is 0 Å². The number of carbonyl (C=O) groups excluding carboxylic acids is 1. The summed E-state index contributed by atoms with van der Waals surface area (Å²) < 4.78 is 2.02. The Kier molecular flexibility index (Phi) is 7.83. The average Bonchev–Trinajstić information content (AvgIpc) is 3.09. The van der Waals surface area contributed by atoms with Crippen molar-refractivity contribution in [3.05, 3.63) is 60.9 Å². The number of benzene rings is 1. The van der Waals surface area contributed by atoms with E-state index in [1.807, 2.05) is 17.7 Å². The van der Waals surface area contributed by atoms with Gasteiger partial charge in [-0.15, -0.1) is 0 Å². The Morgan fingerprint density at radius 2 is 1.80 bits per heavy atom. The molecular formula is C26H33N3O. The van der Waals surface area contributed by atoms with E-state index in [4.69, 9.17) is 0 Å². The van der Waals surface area contributed by atoms with Crippen LogP contribution >= 0.6 is 0 Å². The maximum absolute atomic E-state index is 11.6. The first-order valence-electron chi connectivity index (χ1n) is 11.1. The highest BCUT2D eigenvalue weighted by Gasteiger charge is 2.11. The average molecular weight is 404 g/mol. The molecule has 2 heterocycles. The molecule has 0 fully saturated rings. The normalized spacial score (nSPS) is 11.0. The third-order valence-electron chi connectivity index (χ3n) is 5.60. The van der Waals surface area contributed by atoms with Crippen molar-refractivity contribution in [2.45, 2.75) is 58.3 Å². The monoisotopic (exact) mass is 403 g/mol. The standard InChI is InChI=1S/C26H33N3O/c1-4-6-7-8-9-10-11-12-20-13-15-21(16-14-20)24-19-29(3)26-23(24)17-22(18-27-26)28-25(30)5-2/h5,13-19H,2,4,6-12H2,1,3H3,(H,28,30). The SMILES string of the molecule is C=CC(=O)Nc1cnc2c(c1)c(-c1ccc(CCCCCCCCC)cc1)cn2C. The van der Waals surface area contributed by atoms with Crippen molar-refractivity contribution in [2.75, 3.05) is 5.32 Å². The van der Waals surface area contributed by atoms with E-state index in [-0.39, 0.29) is 5.91 Å². The molecule has 1 aromatic carbocycles. The van der Waals surface area contributed by atoms with E-state index in [9.17, 15) is 4.79 Å². The van der Waals surface area contributed by atoms with Gasteiger partial charge in [-0.1, -0.05) is 76.3 Å². The fraction of sp³-hybridized carbons (Fsp3) is 0.385. The molecule has 4 nitrogen and oxygen atoms in total. The lowest BCUT2D eigenvalue weighted by Crippen LogP contribution is -2.07. The minimum Gasteiger partial charge on any atom is -0.335 e. The molecule has 158 valence electrons. The molecule has 0 aliphatic rings. The van der Waals surface area contributed by atoms with Gasteiger partial charge in [0.2, 0.25) is 5.91 Å². The van der Waals surface area contributed by atoms with Crippen LogP contribution in [0.25, 0.3) is 22.2 Å². The predicted octanol–water partition coefficient (Wildman–Crippen LogP) is 6.66. The van der Waals surface area contributed by atoms with Crippen LogP contribution in [-0.2, 0) is 18.3 Å². The second-order valence-corrected chi connectivity index (χ2v) is 8.01. The van der Waals surface area contributed by atoms with Crippen molar-refractivity contribution >= 4 is 22.6 Å². The van der Waals surface area contributed by atoms with Crippen LogP contribution in [0.3, 0.4) is 0 Å². The number of hydrogen-bond acceptors (Lipinski definition) is 2. The van der Waals surface area contributed by atoms with Crippen molar-refractivity contribution in [2.24, 2.45) is 7.05 Å². The summed E-state index contributed by atoms with van der Waals surface area (Å²) in [5.74, 6) is -0.233. The first-order valence-corrected chi connectivity index (χ1v) is 11.1.